The van der Waals surface area contributed by atoms with E-state index in [0.717, 1.165) is 5.56 Å². The van der Waals surface area contributed by atoms with Crippen LogP contribution in [-0.4, -0.2) is 38.6 Å². The van der Waals surface area contributed by atoms with E-state index in [1.807, 2.05) is 0 Å². The van der Waals surface area contributed by atoms with Crippen molar-refractivity contribution in [1.82, 2.24) is 5.32 Å². The quantitative estimate of drug-likeness (QED) is 0.612. The number of nitrogens with one attached hydrogen (secondary N) is 2. The van der Waals surface area contributed by atoms with Gasteiger partial charge in [0.1, 0.15) is 11.5 Å². The zero-order chi connectivity index (χ0) is 22.1. The summed E-state index contributed by atoms with van der Waals surface area (Å²) in [5.41, 5.74) is 2.10. The fourth-order valence-corrected chi connectivity index (χ4v) is 2.81. The third-order valence-corrected chi connectivity index (χ3v) is 4.27. The molecular weight excluding hydrogens is 388 g/mol. The first-order chi connectivity index (χ1) is 14.3. The molecular formula is C22H26N2O6. The maximum absolute atomic E-state index is 12.2. The summed E-state index contributed by atoms with van der Waals surface area (Å²) in [5.74, 6) is 0.130. The smallest absolute Gasteiger partial charge is 0.310 e. The van der Waals surface area contributed by atoms with Crippen LogP contribution in [0.2, 0.25) is 0 Å². The SMILES string of the molecule is COc1ccc(OC)c([C@H](C)NC(=O)COC(=O)Cc2ccc(NC(C)=O)cc2)c1. The molecule has 2 amide bonds. The van der Waals surface area contributed by atoms with E-state index in [1.165, 1.54) is 6.92 Å². The number of hydrogen-bond acceptors (Lipinski definition) is 6. The lowest BCUT2D eigenvalue weighted by Crippen LogP contribution is -2.31. The number of benzene rings is 2. The van der Waals surface area contributed by atoms with Gasteiger partial charge in [0.2, 0.25) is 5.91 Å². The Bertz CT molecular complexity index is 895. The van der Waals surface area contributed by atoms with Crippen LogP contribution >= 0.6 is 0 Å². The lowest BCUT2D eigenvalue weighted by Gasteiger charge is -2.18. The molecule has 2 aromatic rings. The normalized spacial score (nSPS) is 11.2. The van der Waals surface area contributed by atoms with E-state index < -0.39 is 11.9 Å². The summed E-state index contributed by atoms with van der Waals surface area (Å²) in [7, 11) is 3.10. The number of methoxy groups -OCH3 is 2. The molecule has 0 saturated carbocycles. The zero-order valence-corrected chi connectivity index (χ0v) is 17.5. The Hall–Kier alpha value is -3.55. The number of hydrogen-bond donors (Lipinski definition) is 2. The highest BCUT2D eigenvalue weighted by Gasteiger charge is 2.16. The van der Waals surface area contributed by atoms with Gasteiger partial charge in [0, 0.05) is 18.2 Å². The minimum absolute atomic E-state index is 0.0207. The Balaban J connectivity index is 1.85. The molecule has 0 aliphatic rings. The first-order valence-electron chi connectivity index (χ1n) is 9.35. The van der Waals surface area contributed by atoms with E-state index in [9.17, 15) is 14.4 Å². The predicted molar refractivity (Wildman–Crippen MR) is 112 cm³/mol. The van der Waals surface area contributed by atoms with Crippen molar-refractivity contribution >= 4 is 23.5 Å². The predicted octanol–water partition coefficient (Wildman–Crippen LogP) is 2.63. The highest BCUT2D eigenvalue weighted by molar-refractivity contribution is 5.88. The summed E-state index contributed by atoms with van der Waals surface area (Å²) in [5, 5.41) is 5.42. The van der Waals surface area contributed by atoms with E-state index in [1.54, 1.807) is 63.6 Å². The number of amides is 2. The Labute approximate surface area is 175 Å². The second-order valence-corrected chi connectivity index (χ2v) is 6.61. The number of carbonyl (C=O) groups is 3. The molecule has 0 spiro atoms. The highest BCUT2D eigenvalue weighted by Crippen LogP contribution is 2.29. The van der Waals surface area contributed by atoms with Crippen molar-refractivity contribution in [2.45, 2.75) is 26.3 Å². The van der Waals surface area contributed by atoms with E-state index >= 15 is 0 Å². The van der Waals surface area contributed by atoms with Gasteiger partial charge in [0.15, 0.2) is 6.61 Å². The second kappa shape index (κ2) is 10.8. The van der Waals surface area contributed by atoms with Gasteiger partial charge in [-0.1, -0.05) is 12.1 Å². The molecule has 0 heterocycles. The summed E-state index contributed by atoms with van der Waals surface area (Å²) in [6.45, 7) is 2.83. The minimum Gasteiger partial charge on any atom is -0.497 e. The van der Waals surface area contributed by atoms with Crippen LogP contribution in [0, 0.1) is 0 Å². The third kappa shape index (κ3) is 6.80. The van der Waals surface area contributed by atoms with Crippen LogP contribution in [0.5, 0.6) is 11.5 Å². The molecule has 0 aliphatic heterocycles. The molecule has 0 bridgehead atoms. The van der Waals surface area contributed by atoms with Crippen molar-refractivity contribution in [1.29, 1.82) is 0 Å². The van der Waals surface area contributed by atoms with Crippen LogP contribution in [0.4, 0.5) is 5.69 Å². The van der Waals surface area contributed by atoms with Crippen molar-refractivity contribution in [2.24, 2.45) is 0 Å². The fourth-order valence-electron chi connectivity index (χ4n) is 2.81. The van der Waals surface area contributed by atoms with E-state index in [4.69, 9.17) is 14.2 Å². The van der Waals surface area contributed by atoms with Gasteiger partial charge < -0.3 is 24.8 Å². The van der Waals surface area contributed by atoms with E-state index in [-0.39, 0.29) is 25.0 Å². The first-order valence-corrected chi connectivity index (χ1v) is 9.35. The molecule has 2 aromatic carbocycles. The molecule has 0 unspecified atom stereocenters. The molecule has 2 rings (SSSR count). The summed E-state index contributed by atoms with van der Waals surface area (Å²) >= 11 is 0. The molecule has 8 nitrogen and oxygen atoms in total. The summed E-state index contributed by atoms with van der Waals surface area (Å²) in [6, 6.07) is 11.7. The van der Waals surface area contributed by atoms with Gasteiger partial charge in [-0.05, 0) is 42.8 Å². The van der Waals surface area contributed by atoms with Gasteiger partial charge in [-0.25, -0.2) is 0 Å². The van der Waals surface area contributed by atoms with Crippen LogP contribution in [0.25, 0.3) is 0 Å². The van der Waals surface area contributed by atoms with Gasteiger partial charge in [-0.3, -0.25) is 14.4 Å². The van der Waals surface area contributed by atoms with Crippen LogP contribution in [0.1, 0.15) is 31.0 Å². The molecule has 2 N–H and O–H groups in total. The number of carbonyl (C=O) groups excluding carboxylic acids is 3. The van der Waals surface area contributed by atoms with Gasteiger partial charge >= 0.3 is 5.97 Å². The first kappa shape index (κ1) is 22.7. The summed E-state index contributed by atoms with van der Waals surface area (Å²) in [4.78, 5) is 35.2. The van der Waals surface area contributed by atoms with Crippen LogP contribution < -0.4 is 20.1 Å². The number of anilines is 1. The number of esters is 1. The monoisotopic (exact) mass is 414 g/mol. The Kier molecular flexibility index (Phi) is 8.22. The maximum Gasteiger partial charge on any atom is 0.310 e. The average Bonchev–Trinajstić information content (AvgIpc) is 2.72. The average molecular weight is 414 g/mol. The molecule has 8 heteroatoms. The van der Waals surface area contributed by atoms with Gasteiger partial charge in [-0.2, -0.15) is 0 Å². The Morgan fingerprint density at radius 2 is 1.70 bits per heavy atom. The van der Waals surface area contributed by atoms with Crippen molar-refractivity contribution in [3.05, 3.63) is 53.6 Å². The van der Waals surface area contributed by atoms with E-state index in [2.05, 4.69) is 10.6 Å². The maximum atomic E-state index is 12.2. The van der Waals surface area contributed by atoms with Crippen molar-refractivity contribution in [3.8, 4) is 11.5 Å². The van der Waals surface area contributed by atoms with E-state index in [0.29, 0.717) is 22.7 Å². The molecule has 0 saturated heterocycles. The molecule has 0 radical (unpaired) electrons. The van der Waals surface area contributed by atoms with Gasteiger partial charge in [0.05, 0.1) is 26.7 Å². The van der Waals surface area contributed by atoms with Crippen LogP contribution in [0.3, 0.4) is 0 Å². The third-order valence-electron chi connectivity index (χ3n) is 4.27. The molecule has 30 heavy (non-hydrogen) atoms. The summed E-state index contributed by atoms with van der Waals surface area (Å²) in [6.07, 6.45) is 0.0207. The lowest BCUT2D eigenvalue weighted by atomic mass is 10.1. The molecule has 0 aromatic heterocycles. The standard InChI is InChI=1S/C22H26N2O6/c1-14(19-12-18(28-3)9-10-20(19)29-4)23-21(26)13-30-22(27)11-16-5-7-17(8-6-16)24-15(2)25/h5-10,12,14H,11,13H2,1-4H3,(H,23,26)(H,24,25)/t14-/m0/s1. The van der Waals surface area contributed by atoms with Crippen molar-refractivity contribution in [3.63, 3.8) is 0 Å². The Morgan fingerprint density at radius 3 is 2.30 bits per heavy atom. The largest absolute Gasteiger partial charge is 0.497 e. The van der Waals surface area contributed by atoms with Crippen molar-refractivity contribution in [2.75, 3.05) is 26.1 Å². The van der Waals surface area contributed by atoms with Gasteiger partial charge in [-0.15, -0.1) is 0 Å². The van der Waals surface area contributed by atoms with Crippen LogP contribution in [0.15, 0.2) is 42.5 Å². The zero-order valence-electron chi connectivity index (χ0n) is 17.5. The second-order valence-electron chi connectivity index (χ2n) is 6.61. The molecule has 1 atom stereocenters. The lowest BCUT2D eigenvalue weighted by molar-refractivity contribution is -0.148. The van der Waals surface area contributed by atoms with Crippen LogP contribution in [-0.2, 0) is 25.5 Å². The van der Waals surface area contributed by atoms with Gasteiger partial charge in [0.25, 0.3) is 5.91 Å². The van der Waals surface area contributed by atoms with Crippen molar-refractivity contribution < 1.29 is 28.6 Å². The fraction of sp³-hybridized carbons (Fsp3) is 0.318. The molecule has 160 valence electrons. The number of rotatable bonds is 9. The number of ether oxygens (including phenoxy) is 3. The topological polar surface area (TPSA) is 103 Å². The highest BCUT2D eigenvalue weighted by atomic mass is 16.5. The minimum atomic E-state index is -0.524. The Morgan fingerprint density at radius 1 is 1.00 bits per heavy atom. The molecule has 0 fully saturated rings. The summed E-state index contributed by atoms with van der Waals surface area (Å²) < 4.78 is 15.6. The molecule has 0 aliphatic carbocycles.